The minimum absolute atomic E-state index is 0.845. The van der Waals surface area contributed by atoms with Crippen molar-refractivity contribution in [3.63, 3.8) is 0 Å². The lowest BCUT2D eigenvalue weighted by atomic mass is 10.1. The molecule has 0 atom stereocenters. The number of aromatic nitrogens is 1. The standard InChI is InChI=1S/C15H31Cl.C5H5N/c1-2-3-4-5-6-7-8-9-10-11-12-13-14-15-16;1-2-4-6-5-3-1/h2-15H2,1H3;1-5H. The van der Waals surface area contributed by atoms with E-state index in [4.69, 9.17) is 11.6 Å². The van der Waals surface area contributed by atoms with Crippen molar-refractivity contribution in [3.8, 4) is 0 Å². The Kier molecular flexibility index (Phi) is 19.9. The molecule has 2 heteroatoms. The number of nitrogens with zero attached hydrogens (tertiary/aromatic N) is 1. The monoisotopic (exact) mass is 325 g/mol. The molecule has 0 fully saturated rings. The number of unbranched alkanes of at least 4 members (excludes halogenated alkanes) is 12. The minimum atomic E-state index is 0.845. The molecule has 0 aromatic carbocycles. The van der Waals surface area contributed by atoms with E-state index < -0.39 is 0 Å². The van der Waals surface area contributed by atoms with E-state index in [9.17, 15) is 0 Å². The molecule has 0 spiro atoms. The Morgan fingerprint density at radius 2 is 1.00 bits per heavy atom. The van der Waals surface area contributed by atoms with Gasteiger partial charge in [-0.3, -0.25) is 4.98 Å². The van der Waals surface area contributed by atoms with Crippen LogP contribution in [0.2, 0.25) is 0 Å². The molecule has 1 heterocycles. The van der Waals surface area contributed by atoms with Crippen molar-refractivity contribution >= 4 is 11.6 Å². The third kappa shape index (κ3) is 19.4. The Morgan fingerprint density at radius 1 is 0.591 bits per heavy atom. The lowest BCUT2D eigenvalue weighted by Gasteiger charge is -2.02. The van der Waals surface area contributed by atoms with Crippen LogP contribution in [0.5, 0.6) is 0 Å². The maximum Gasteiger partial charge on any atom is 0.0267 e. The van der Waals surface area contributed by atoms with Gasteiger partial charge in [0.15, 0.2) is 0 Å². The lowest BCUT2D eigenvalue weighted by molar-refractivity contribution is 0.543. The second-order valence-electron chi connectivity index (χ2n) is 5.96. The largest absolute Gasteiger partial charge is 0.265 e. The number of alkyl halides is 1. The van der Waals surface area contributed by atoms with Gasteiger partial charge in [0.25, 0.3) is 0 Å². The van der Waals surface area contributed by atoms with Crippen molar-refractivity contribution in [3.05, 3.63) is 30.6 Å². The summed E-state index contributed by atoms with van der Waals surface area (Å²) in [4.78, 5) is 3.78. The Morgan fingerprint density at radius 3 is 1.27 bits per heavy atom. The van der Waals surface area contributed by atoms with Crippen LogP contribution >= 0.6 is 11.6 Å². The van der Waals surface area contributed by atoms with Gasteiger partial charge in [-0.1, -0.05) is 90.0 Å². The van der Waals surface area contributed by atoms with Gasteiger partial charge in [-0.25, -0.2) is 0 Å². The number of hydrogen-bond donors (Lipinski definition) is 0. The minimum Gasteiger partial charge on any atom is -0.265 e. The van der Waals surface area contributed by atoms with Gasteiger partial charge in [0.2, 0.25) is 0 Å². The van der Waals surface area contributed by atoms with Crippen LogP contribution in [-0.2, 0) is 0 Å². The highest BCUT2D eigenvalue weighted by atomic mass is 35.5. The average molecular weight is 326 g/mol. The summed E-state index contributed by atoms with van der Waals surface area (Å²) in [6, 6.07) is 5.72. The van der Waals surface area contributed by atoms with Crippen molar-refractivity contribution in [2.45, 2.75) is 90.4 Å². The molecule has 0 amide bonds. The molecule has 1 aromatic heterocycles. The van der Waals surface area contributed by atoms with Crippen LogP contribution in [0.3, 0.4) is 0 Å². The molecule has 0 aliphatic carbocycles. The van der Waals surface area contributed by atoms with Crippen molar-refractivity contribution in [2.75, 3.05) is 5.88 Å². The first-order chi connectivity index (χ1) is 10.9. The van der Waals surface area contributed by atoms with E-state index in [0.29, 0.717) is 0 Å². The average Bonchev–Trinajstić information content (AvgIpc) is 2.58. The summed E-state index contributed by atoms with van der Waals surface area (Å²) in [5.41, 5.74) is 0. The smallest absolute Gasteiger partial charge is 0.0267 e. The van der Waals surface area contributed by atoms with Gasteiger partial charge in [-0.15, -0.1) is 11.6 Å². The van der Waals surface area contributed by atoms with Crippen LogP contribution in [0.1, 0.15) is 90.4 Å². The molecular formula is C20H36ClN. The molecule has 0 bridgehead atoms. The van der Waals surface area contributed by atoms with Gasteiger partial charge in [0.05, 0.1) is 0 Å². The number of halogens is 1. The molecule has 0 saturated heterocycles. The third-order valence-corrected chi connectivity index (χ3v) is 4.07. The highest BCUT2D eigenvalue weighted by Gasteiger charge is 1.93. The summed E-state index contributed by atoms with van der Waals surface area (Å²) >= 11 is 5.63. The molecule has 128 valence electrons. The van der Waals surface area contributed by atoms with Gasteiger partial charge >= 0.3 is 0 Å². The molecule has 0 saturated carbocycles. The van der Waals surface area contributed by atoms with E-state index in [2.05, 4.69) is 11.9 Å². The quantitative estimate of drug-likeness (QED) is 0.272. The predicted octanol–water partition coefficient (Wildman–Crippen LogP) is 7.40. The van der Waals surface area contributed by atoms with E-state index in [0.717, 1.165) is 5.88 Å². The fourth-order valence-corrected chi connectivity index (χ4v) is 2.61. The zero-order valence-corrected chi connectivity index (χ0v) is 15.4. The lowest BCUT2D eigenvalue weighted by Crippen LogP contribution is -1.83. The SMILES string of the molecule is CCCCCCCCCCCCCCCCl.c1ccncc1. The molecule has 0 unspecified atom stereocenters. The highest BCUT2D eigenvalue weighted by Crippen LogP contribution is 2.12. The second kappa shape index (κ2) is 20.4. The Hall–Kier alpha value is -0.560. The summed E-state index contributed by atoms with van der Waals surface area (Å²) in [5.74, 6) is 0.845. The Balaban J connectivity index is 0.000000604. The normalized spacial score (nSPS) is 10.1. The van der Waals surface area contributed by atoms with E-state index in [-0.39, 0.29) is 0 Å². The van der Waals surface area contributed by atoms with Crippen LogP contribution < -0.4 is 0 Å². The van der Waals surface area contributed by atoms with Gasteiger partial charge in [-0.05, 0) is 18.6 Å². The second-order valence-corrected chi connectivity index (χ2v) is 6.33. The van der Waals surface area contributed by atoms with E-state index >= 15 is 0 Å². The number of pyridine rings is 1. The molecule has 0 N–H and O–H groups in total. The molecule has 1 nitrogen and oxygen atoms in total. The van der Waals surface area contributed by atoms with E-state index in [1.807, 2.05) is 18.2 Å². The first-order valence-corrected chi connectivity index (χ1v) is 9.86. The molecular weight excluding hydrogens is 290 g/mol. The number of rotatable bonds is 13. The van der Waals surface area contributed by atoms with Gasteiger partial charge < -0.3 is 0 Å². The maximum absolute atomic E-state index is 5.63. The van der Waals surface area contributed by atoms with Crippen LogP contribution in [-0.4, -0.2) is 10.9 Å². The zero-order chi connectivity index (χ0) is 16.1. The summed E-state index contributed by atoms with van der Waals surface area (Å²) in [6.45, 7) is 2.28. The summed E-state index contributed by atoms with van der Waals surface area (Å²) in [5, 5.41) is 0. The van der Waals surface area contributed by atoms with Crippen LogP contribution in [0.25, 0.3) is 0 Å². The van der Waals surface area contributed by atoms with Crippen LogP contribution in [0, 0.1) is 0 Å². The summed E-state index contributed by atoms with van der Waals surface area (Å²) < 4.78 is 0. The van der Waals surface area contributed by atoms with Crippen molar-refractivity contribution in [1.29, 1.82) is 0 Å². The Labute approximate surface area is 143 Å². The molecule has 1 aromatic rings. The molecule has 0 aliphatic heterocycles. The van der Waals surface area contributed by atoms with Crippen molar-refractivity contribution in [1.82, 2.24) is 4.98 Å². The topological polar surface area (TPSA) is 12.9 Å². The van der Waals surface area contributed by atoms with E-state index in [1.54, 1.807) is 12.4 Å². The molecule has 0 aliphatic rings. The van der Waals surface area contributed by atoms with Gasteiger partial charge in [-0.2, -0.15) is 0 Å². The maximum atomic E-state index is 5.63. The first-order valence-electron chi connectivity index (χ1n) is 9.32. The first kappa shape index (κ1) is 21.4. The zero-order valence-electron chi connectivity index (χ0n) is 14.6. The van der Waals surface area contributed by atoms with Crippen molar-refractivity contribution in [2.24, 2.45) is 0 Å². The van der Waals surface area contributed by atoms with Gasteiger partial charge in [0.1, 0.15) is 0 Å². The predicted molar refractivity (Wildman–Crippen MR) is 101 cm³/mol. The van der Waals surface area contributed by atoms with Gasteiger partial charge in [0, 0.05) is 18.3 Å². The molecule has 0 radical (unpaired) electrons. The molecule has 1 rings (SSSR count). The van der Waals surface area contributed by atoms with E-state index in [1.165, 1.54) is 83.5 Å². The van der Waals surface area contributed by atoms with Crippen LogP contribution in [0.15, 0.2) is 30.6 Å². The third-order valence-electron chi connectivity index (χ3n) is 3.80. The van der Waals surface area contributed by atoms with Crippen LogP contribution in [0.4, 0.5) is 0 Å². The Bertz CT molecular complexity index is 236. The highest BCUT2D eigenvalue weighted by molar-refractivity contribution is 6.17. The number of hydrogen-bond acceptors (Lipinski definition) is 1. The summed E-state index contributed by atoms with van der Waals surface area (Å²) in [7, 11) is 0. The van der Waals surface area contributed by atoms with Crippen molar-refractivity contribution < 1.29 is 0 Å². The fraction of sp³-hybridized carbons (Fsp3) is 0.750. The molecule has 22 heavy (non-hydrogen) atoms. The summed E-state index contributed by atoms with van der Waals surface area (Å²) in [6.07, 6.45) is 21.8. The fourth-order valence-electron chi connectivity index (χ4n) is 2.42.